The summed E-state index contributed by atoms with van der Waals surface area (Å²) in [5.41, 5.74) is 1.09. The molecule has 1 aromatic carbocycles. The van der Waals surface area contributed by atoms with Crippen molar-refractivity contribution in [3.8, 4) is 11.8 Å². The topological polar surface area (TPSA) is 95.4 Å². The number of benzene rings is 1. The average Bonchev–Trinajstić information content (AvgIpc) is 3.14. The van der Waals surface area contributed by atoms with E-state index in [1.165, 1.54) is 0 Å². The summed E-state index contributed by atoms with van der Waals surface area (Å²) >= 11 is 0. The zero-order chi connectivity index (χ0) is 17.1. The minimum Gasteiger partial charge on any atom is -0.476 e. The molecule has 7 heteroatoms. The lowest BCUT2D eigenvalue weighted by Crippen LogP contribution is -2.24. The Morgan fingerprint density at radius 3 is 2.83 bits per heavy atom. The predicted molar refractivity (Wildman–Crippen MR) is 85.0 cm³/mol. The summed E-state index contributed by atoms with van der Waals surface area (Å²) in [5.74, 6) is 1.81. The van der Waals surface area contributed by atoms with Crippen molar-refractivity contribution < 1.29 is 14.4 Å². The van der Waals surface area contributed by atoms with Crippen molar-refractivity contribution in [2.24, 2.45) is 0 Å². The maximum Gasteiger partial charge on any atom is 0.244 e. The summed E-state index contributed by atoms with van der Waals surface area (Å²) in [5, 5.41) is 22.6. The first kappa shape index (κ1) is 16.4. The molecule has 7 nitrogen and oxygen atoms in total. The van der Waals surface area contributed by atoms with Gasteiger partial charge >= 0.3 is 0 Å². The first-order valence-corrected chi connectivity index (χ1v) is 7.92. The second kappa shape index (κ2) is 6.99. The standard InChI is InChI=1S/C17H20N4O3/c1-11(8-18)23-15-5-3-13(4-6-15)9-21-10-14(22)7-16(21)17-19-12(2)20-24-17/h3-6,11,14,16,22H,7,9-10H2,1-2H3/t11?,14-,16-/m1/s1. The van der Waals surface area contributed by atoms with Crippen molar-refractivity contribution in [2.45, 2.75) is 45.1 Å². The molecule has 126 valence electrons. The van der Waals surface area contributed by atoms with Crippen LogP contribution < -0.4 is 4.74 Å². The Morgan fingerprint density at radius 2 is 2.21 bits per heavy atom. The Morgan fingerprint density at radius 1 is 1.46 bits per heavy atom. The van der Waals surface area contributed by atoms with Gasteiger partial charge in [0.1, 0.15) is 11.8 Å². The van der Waals surface area contributed by atoms with Crippen LogP contribution in [0.4, 0.5) is 0 Å². The number of ether oxygens (including phenoxy) is 1. The number of aryl methyl sites for hydroxylation is 1. The number of aromatic nitrogens is 2. The monoisotopic (exact) mass is 328 g/mol. The first-order chi connectivity index (χ1) is 11.5. The van der Waals surface area contributed by atoms with Crippen molar-refractivity contribution in [3.05, 3.63) is 41.5 Å². The third-order valence-electron chi connectivity index (χ3n) is 4.01. The first-order valence-electron chi connectivity index (χ1n) is 7.92. The van der Waals surface area contributed by atoms with Gasteiger partial charge in [0, 0.05) is 13.1 Å². The Bertz CT molecular complexity index is 722. The smallest absolute Gasteiger partial charge is 0.244 e. The number of nitrogens with zero attached hydrogens (tertiary/aromatic N) is 4. The second-order valence-electron chi connectivity index (χ2n) is 6.05. The molecule has 0 radical (unpaired) electrons. The third-order valence-corrected chi connectivity index (χ3v) is 4.01. The summed E-state index contributed by atoms with van der Waals surface area (Å²) in [6, 6.07) is 9.58. The second-order valence-corrected chi connectivity index (χ2v) is 6.05. The molecule has 3 atom stereocenters. The Labute approximate surface area is 140 Å². The van der Waals surface area contributed by atoms with Crippen LogP contribution in [0.2, 0.25) is 0 Å². The minimum atomic E-state index is -0.477. The molecular weight excluding hydrogens is 308 g/mol. The molecule has 0 amide bonds. The Kier molecular flexibility index (Phi) is 4.79. The van der Waals surface area contributed by atoms with E-state index in [4.69, 9.17) is 14.5 Å². The van der Waals surface area contributed by atoms with Gasteiger partial charge in [-0.25, -0.2) is 0 Å². The number of β-amino-alcohol motifs (C(OH)–C–C–N with tert-alkyl or cyclic N) is 1. The fourth-order valence-electron chi connectivity index (χ4n) is 2.90. The maximum atomic E-state index is 10.0. The summed E-state index contributed by atoms with van der Waals surface area (Å²) in [4.78, 5) is 6.42. The van der Waals surface area contributed by atoms with Gasteiger partial charge in [0.2, 0.25) is 5.89 Å². The van der Waals surface area contributed by atoms with Gasteiger partial charge < -0.3 is 14.4 Å². The predicted octanol–water partition coefficient (Wildman–Crippen LogP) is 1.98. The number of aliphatic hydroxyl groups excluding tert-OH is 1. The molecule has 1 unspecified atom stereocenters. The molecule has 1 saturated heterocycles. The van der Waals surface area contributed by atoms with E-state index in [1.807, 2.05) is 30.3 Å². The SMILES string of the molecule is Cc1noc([C@H]2C[C@@H](O)CN2Cc2ccc(OC(C)C#N)cc2)n1. The van der Waals surface area contributed by atoms with Crippen molar-refractivity contribution >= 4 is 0 Å². The van der Waals surface area contributed by atoms with Gasteiger partial charge in [-0.3, -0.25) is 4.90 Å². The van der Waals surface area contributed by atoms with Crippen LogP contribution in [-0.4, -0.2) is 38.9 Å². The molecule has 1 aliphatic rings. The van der Waals surface area contributed by atoms with Crippen LogP contribution in [0.25, 0.3) is 0 Å². The van der Waals surface area contributed by atoms with Gasteiger partial charge in [0.25, 0.3) is 0 Å². The molecule has 0 aliphatic carbocycles. The van der Waals surface area contributed by atoms with E-state index in [0.717, 1.165) is 5.56 Å². The molecule has 2 aromatic rings. The van der Waals surface area contributed by atoms with Crippen molar-refractivity contribution in [1.29, 1.82) is 5.26 Å². The van der Waals surface area contributed by atoms with E-state index in [2.05, 4.69) is 15.0 Å². The van der Waals surface area contributed by atoms with Crippen LogP contribution in [0.5, 0.6) is 5.75 Å². The van der Waals surface area contributed by atoms with Crippen molar-refractivity contribution in [3.63, 3.8) is 0 Å². The van der Waals surface area contributed by atoms with Gasteiger partial charge in [0.05, 0.1) is 12.1 Å². The van der Waals surface area contributed by atoms with Crippen molar-refractivity contribution in [1.82, 2.24) is 15.0 Å². The van der Waals surface area contributed by atoms with E-state index in [0.29, 0.717) is 37.0 Å². The van der Waals surface area contributed by atoms with Crippen LogP contribution in [0.15, 0.2) is 28.8 Å². The largest absolute Gasteiger partial charge is 0.476 e. The number of hydrogen-bond donors (Lipinski definition) is 1. The Hall–Kier alpha value is -2.43. The molecule has 0 spiro atoms. The van der Waals surface area contributed by atoms with Gasteiger partial charge in [0.15, 0.2) is 11.9 Å². The molecule has 1 N–H and O–H groups in total. The van der Waals surface area contributed by atoms with E-state index in [9.17, 15) is 5.11 Å². The highest BCUT2D eigenvalue weighted by Gasteiger charge is 2.35. The van der Waals surface area contributed by atoms with Gasteiger partial charge in [-0.15, -0.1) is 0 Å². The number of hydrogen-bond acceptors (Lipinski definition) is 7. The summed E-state index contributed by atoms with van der Waals surface area (Å²) in [6.45, 7) is 4.72. The lowest BCUT2D eigenvalue weighted by Gasteiger charge is -2.21. The highest BCUT2D eigenvalue weighted by molar-refractivity contribution is 5.28. The maximum absolute atomic E-state index is 10.0. The molecule has 3 rings (SSSR count). The quantitative estimate of drug-likeness (QED) is 0.896. The summed E-state index contributed by atoms with van der Waals surface area (Å²) < 4.78 is 10.7. The average molecular weight is 328 g/mol. The zero-order valence-electron chi connectivity index (χ0n) is 13.7. The number of aliphatic hydroxyl groups is 1. The van der Waals surface area contributed by atoms with Gasteiger partial charge in [-0.2, -0.15) is 10.2 Å². The summed E-state index contributed by atoms with van der Waals surface area (Å²) in [6.07, 6.45) is -0.293. The van der Waals surface area contributed by atoms with Crippen LogP contribution in [-0.2, 0) is 6.54 Å². The lowest BCUT2D eigenvalue weighted by atomic mass is 10.1. The molecule has 0 bridgehead atoms. The molecule has 1 aromatic heterocycles. The van der Waals surface area contributed by atoms with Crippen LogP contribution in [0.1, 0.15) is 36.7 Å². The van der Waals surface area contributed by atoms with Crippen molar-refractivity contribution in [2.75, 3.05) is 6.54 Å². The Balaban J connectivity index is 1.69. The van der Waals surface area contributed by atoms with Gasteiger partial charge in [-0.05, 0) is 38.0 Å². The fourth-order valence-corrected chi connectivity index (χ4v) is 2.90. The van der Waals surface area contributed by atoms with E-state index >= 15 is 0 Å². The van der Waals surface area contributed by atoms with Crippen LogP contribution in [0, 0.1) is 18.3 Å². The van der Waals surface area contributed by atoms with E-state index < -0.39 is 12.2 Å². The molecule has 1 aliphatic heterocycles. The van der Waals surface area contributed by atoms with Gasteiger partial charge in [-0.1, -0.05) is 17.3 Å². The molecular formula is C17H20N4O3. The normalized spacial score (nSPS) is 22.2. The highest BCUT2D eigenvalue weighted by Crippen LogP contribution is 2.32. The number of likely N-dealkylation sites (tertiary alicyclic amines) is 1. The number of rotatable bonds is 5. The highest BCUT2D eigenvalue weighted by atomic mass is 16.5. The molecule has 1 fully saturated rings. The van der Waals surface area contributed by atoms with Crippen LogP contribution >= 0.6 is 0 Å². The molecule has 24 heavy (non-hydrogen) atoms. The van der Waals surface area contributed by atoms with Crippen LogP contribution in [0.3, 0.4) is 0 Å². The number of nitriles is 1. The fraction of sp³-hybridized carbons (Fsp3) is 0.471. The molecule has 2 heterocycles. The lowest BCUT2D eigenvalue weighted by molar-refractivity contribution is 0.169. The summed E-state index contributed by atoms with van der Waals surface area (Å²) in [7, 11) is 0. The zero-order valence-corrected chi connectivity index (χ0v) is 13.7. The minimum absolute atomic E-state index is 0.0734. The van der Waals surface area contributed by atoms with E-state index in [-0.39, 0.29) is 6.04 Å². The molecule has 0 saturated carbocycles. The van der Waals surface area contributed by atoms with E-state index in [1.54, 1.807) is 13.8 Å². The third kappa shape index (κ3) is 3.72.